The van der Waals surface area contributed by atoms with Gasteiger partial charge in [0.2, 0.25) is 11.9 Å². The predicted molar refractivity (Wildman–Crippen MR) is 147 cm³/mol. The number of nitrogens with one attached hydrogen (secondary N) is 3. The molecule has 0 radical (unpaired) electrons. The van der Waals surface area contributed by atoms with Gasteiger partial charge >= 0.3 is 6.18 Å². The van der Waals surface area contributed by atoms with Crippen molar-refractivity contribution in [3.05, 3.63) is 65.4 Å². The zero-order valence-electron chi connectivity index (χ0n) is 22.5. The first-order valence-corrected chi connectivity index (χ1v) is 13.1. The average Bonchev–Trinajstić information content (AvgIpc) is 3.25. The number of methoxy groups -OCH3 is 1. The Morgan fingerprint density at radius 2 is 1.85 bits per heavy atom. The normalized spacial score (nSPS) is 19.2. The van der Waals surface area contributed by atoms with Crippen LogP contribution >= 0.6 is 0 Å². The van der Waals surface area contributed by atoms with Crippen molar-refractivity contribution in [3.63, 3.8) is 0 Å². The van der Waals surface area contributed by atoms with E-state index in [1.807, 2.05) is 36.4 Å². The Labute approximate surface area is 230 Å². The molecule has 3 aromatic rings. The van der Waals surface area contributed by atoms with Crippen molar-refractivity contribution in [2.45, 2.75) is 31.6 Å². The van der Waals surface area contributed by atoms with Crippen LogP contribution in [0.2, 0.25) is 0 Å². The number of amides is 1. The molecule has 40 heavy (non-hydrogen) atoms. The van der Waals surface area contributed by atoms with Crippen molar-refractivity contribution < 1.29 is 22.7 Å². The van der Waals surface area contributed by atoms with Crippen molar-refractivity contribution in [1.82, 2.24) is 20.2 Å². The van der Waals surface area contributed by atoms with E-state index in [4.69, 9.17) is 4.74 Å². The van der Waals surface area contributed by atoms with Crippen LogP contribution in [-0.4, -0.2) is 67.2 Å². The van der Waals surface area contributed by atoms with E-state index >= 15 is 0 Å². The summed E-state index contributed by atoms with van der Waals surface area (Å²) in [7, 11) is 3.62. The molecule has 1 amide bonds. The summed E-state index contributed by atoms with van der Waals surface area (Å²) in [5, 5.41) is 8.84. The fourth-order valence-electron chi connectivity index (χ4n) is 5.23. The van der Waals surface area contributed by atoms with Gasteiger partial charge in [0.1, 0.15) is 17.1 Å². The van der Waals surface area contributed by atoms with E-state index in [-0.39, 0.29) is 17.7 Å². The van der Waals surface area contributed by atoms with Gasteiger partial charge in [0.05, 0.1) is 24.9 Å². The molecular weight excluding hydrogens is 523 g/mol. The number of halogens is 3. The monoisotopic (exact) mass is 555 g/mol. The SMILES string of the molecule is COc1cc(N2CCN(C)CC2)ccc1Nc1ncc(C(F)(F)F)c(N[C@@H]2Cc3ccccc3[C@H]2NC(C)=O)n1. The fraction of sp³-hybridized carbons (Fsp3) is 0.393. The van der Waals surface area contributed by atoms with E-state index < -0.39 is 23.8 Å². The number of hydrogen-bond acceptors (Lipinski definition) is 8. The maximum absolute atomic E-state index is 14.0. The van der Waals surface area contributed by atoms with Crippen LogP contribution in [0.4, 0.5) is 36.3 Å². The molecular formula is C28H32F3N7O2. The number of rotatable bonds is 7. The highest BCUT2D eigenvalue weighted by Gasteiger charge is 2.39. The molecule has 0 bridgehead atoms. The maximum atomic E-state index is 14.0. The minimum absolute atomic E-state index is 0.0206. The number of piperazine rings is 1. The minimum Gasteiger partial charge on any atom is -0.494 e. The Balaban J connectivity index is 1.42. The lowest BCUT2D eigenvalue weighted by molar-refractivity contribution is -0.137. The minimum atomic E-state index is -4.68. The summed E-state index contributed by atoms with van der Waals surface area (Å²) < 4.78 is 47.5. The van der Waals surface area contributed by atoms with E-state index in [1.54, 1.807) is 6.07 Å². The van der Waals surface area contributed by atoms with Crippen molar-refractivity contribution in [1.29, 1.82) is 0 Å². The smallest absolute Gasteiger partial charge is 0.421 e. The molecule has 1 aromatic heterocycles. The molecule has 212 valence electrons. The second kappa shape index (κ2) is 11.2. The summed E-state index contributed by atoms with van der Waals surface area (Å²) in [6.45, 7) is 5.05. The predicted octanol–water partition coefficient (Wildman–Crippen LogP) is 4.21. The molecule has 1 aliphatic carbocycles. The van der Waals surface area contributed by atoms with Gasteiger partial charge in [0.25, 0.3) is 0 Å². The molecule has 2 aromatic carbocycles. The maximum Gasteiger partial charge on any atom is 0.421 e. The summed E-state index contributed by atoms with van der Waals surface area (Å²) in [5.74, 6) is -0.146. The lowest BCUT2D eigenvalue weighted by Gasteiger charge is -2.34. The van der Waals surface area contributed by atoms with Crippen LogP contribution in [0.15, 0.2) is 48.7 Å². The lowest BCUT2D eigenvalue weighted by Crippen LogP contribution is -2.44. The van der Waals surface area contributed by atoms with Crippen LogP contribution in [0.25, 0.3) is 0 Å². The molecule has 0 saturated carbocycles. The summed E-state index contributed by atoms with van der Waals surface area (Å²) in [5.41, 5.74) is 2.34. The van der Waals surface area contributed by atoms with Gasteiger partial charge in [-0.3, -0.25) is 4.79 Å². The Morgan fingerprint density at radius 1 is 1.10 bits per heavy atom. The standard InChI is InChI=1S/C28H32F3N7O2/c1-17(39)33-25-20-7-5-4-6-18(20)14-23(25)34-26-21(28(29,30)31)16-32-27(36-26)35-22-9-8-19(15-24(22)40-3)38-12-10-37(2)11-13-38/h4-9,15-16,23,25H,10-14H2,1-3H3,(H,33,39)(H2,32,34,35,36)/t23-,25-/m1/s1. The highest BCUT2D eigenvalue weighted by Crippen LogP contribution is 2.39. The molecule has 2 aliphatic rings. The molecule has 12 heteroatoms. The van der Waals surface area contributed by atoms with Crippen LogP contribution in [0, 0.1) is 0 Å². The quantitative estimate of drug-likeness (QED) is 0.399. The third-order valence-corrected chi connectivity index (χ3v) is 7.31. The molecule has 5 rings (SSSR count). The van der Waals surface area contributed by atoms with Crippen molar-refractivity contribution >= 4 is 29.0 Å². The number of aromatic nitrogens is 2. The third kappa shape index (κ3) is 5.91. The molecule has 1 fully saturated rings. The zero-order valence-corrected chi connectivity index (χ0v) is 22.5. The van der Waals surface area contributed by atoms with Gasteiger partial charge in [-0.15, -0.1) is 0 Å². The fourth-order valence-corrected chi connectivity index (χ4v) is 5.23. The summed E-state index contributed by atoms with van der Waals surface area (Å²) in [6, 6.07) is 12.1. The Bertz CT molecular complexity index is 1380. The number of carbonyl (C=O) groups excluding carboxylic acids is 1. The number of benzene rings is 2. The van der Waals surface area contributed by atoms with Crippen LogP contribution in [0.3, 0.4) is 0 Å². The number of fused-ring (bicyclic) bond motifs is 1. The zero-order chi connectivity index (χ0) is 28.4. The van der Waals surface area contributed by atoms with Crippen molar-refractivity contribution in [2.75, 3.05) is 55.9 Å². The number of likely N-dealkylation sites (N-methyl/N-ethyl adjacent to an activating group) is 1. The first-order chi connectivity index (χ1) is 19.1. The van der Waals surface area contributed by atoms with Crippen LogP contribution < -0.4 is 25.6 Å². The van der Waals surface area contributed by atoms with Crippen LogP contribution in [0.5, 0.6) is 5.75 Å². The van der Waals surface area contributed by atoms with Crippen molar-refractivity contribution in [3.8, 4) is 5.75 Å². The Kier molecular flexibility index (Phi) is 7.70. The topological polar surface area (TPSA) is 94.6 Å². The number of hydrogen-bond donors (Lipinski definition) is 3. The van der Waals surface area contributed by atoms with Gasteiger partial charge < -0.3 is 30.5 Å². The second-order valence-electron chi connectivity index (χ2n) is 10.1. The van der Waals surface area contributed by atoms with E-state index in [1.165, 1.54) is 14.0 Å². The van der Waals surface area contributed by atoms with E-state index in [9.17, 15) is 18.0 Å². The van der Waals surface area contributed by atoms with E-state index in [0.717, 1.165) is 49.2 Å². The summed E-state index contributed by atoms with van der Waals surface area (Å²) in [4.78, 5) is 24.6. The molecule has 0 spiro atoms. The van der Waals surface area contributed by atoms with Crippen LogP contribution in [0.1, 0.15) is 29.7 Å². The molecule has 9 nitrogen and oxygen atoms in total. The third-order valence-electron chi connectivity index (χ3n) is 7.31. The number of alkyl halides is 3. The number of carbonyl (C=O) groups is 1. The highest BCUT2D eigenvalue weighted by molar-refractivity contribution is 5.74. The molecule has 0 unspecified atom stereocenters. The lowest BCUT2D eigenvalue weighted by atomic mass is 10.1. The Hall–Kier alpha value is -4.06. The van der Waals surface area contributed by atoms with Gasteiger partial charge in [-0.05, 0) is 36.7 Å². The van der Waals surface area contributed by atoms with Gasteiger partial charge in [-0.1, -0.05) is 24.3 Å². The Morgan fingerprint density at radius 3 is 2.55 bits per heavy atom. The molecule has 3 N–H and O–H groups in total. The number of nitrogens with zero attached hydrogens (tertiary/aromatic N) is 4. The first kappa shape index (κ1) is 27.5. The van der Waals surface area contributed by atoms with Gasteiger partial charge in [0, 0.05) is 51.1 Å². The van der Waals surface area contributed by atoms with Crippen molar-refractivity contribution in [2.24, 2.45) is 0 Å². The van der Waals surface area contributed by atoms with Crippen LogP contribution in [-0.2, 0) is 17.4 Å². The molecule has 2 heterocycles. The summed E-state index contributed by atoms with van der Waals surface area (Å²) >= 11 is 0. The largest absolute Gasteiger partial charge is 0.494 e. The van der Waals surface area contributed by atoms with E-state index in [0.29, 0.717) is 17.9 Å². The highest BCUT2D eigenvalue weighted by atomic mass is 19.4. The number of anilines is 4. The van der Waals surface area contributed by atoms with Gasteiger partial charge in [0.15, 0.2) is 0 Å². The van der Waals surface area contributed by atoms with Gasteiger partial charge in [-0.2, -0.15) is 18.2 Å². The van der Waals surface area contributed by atoms with E-state index in [2.05, 4.69) is 42.8 Å². The second-order valence-corrected chi connectivity index (χ2v) is 10.1. The van der Waals surface area contributed by atoms with Gasteiger partial charge in [-0.25, -0.2) is 4.98 Å². The molecule has 2 atom stereocenters. The first-order valence-electron chi connectivity index (χ1n) is 13.1. The molecule has 1 aliphatic heterocycles. The number of ether oxygens (including phenoxy) is 1. The average molecular weight is 556 g/mol. The summed E-state index contributed by atoms with van der Waals surface area (Å²) in [6.07, 6.45) is -3.50. The molecule has 1 saturated heterocycles.